The number of fused-ring (bicyclic) bond motifs is 1. The largest absolute Gasteiger partial charge is 0.302 e. The van der Waals surface area contributed by atoms with Crippen LogP contribution in [0.5, 0.6) is 0 Å². The minimum Gasteiger partial charge on any atom is -0.302 e. The van der Waals surface area contributed by atoms with Gasteiger partial charge in [0.25, 0.3) is 11.8 Å². The molecular formula is C14H16N2O2. The van der Waals surface area contributed by atoms with Crippen LogP contribution >= 0.6 is 0 Å². The molecule has 0 atom stereocenters. The van der Waals surface area contributed by atoms with Gasteiger partial charge in [-0.1, -0.05) is 12.1 Å². The first-order valence-electron chi connectivity index (χ1n) is 6.45. The molecule has 1 saturated heterocycles. The van der Waals surface area contributed by atoms with Crippen LogP contribution in [0.15, 0.2) is 24.3 Å². The van der Waals surface area contributed by atoms with Gasteiger partial charge in [-0.3, -0.25) is 14.5 Å². The summed E-state index contributed by atoms with van der Waals surface area (Å²) in [5, 5.41) is 0. The predicted octanol–water partition coefficient (Wildman–Crippen LogP) is 1.38. The van der Waals surface area contributed by atoms with Gasteiger partial charge in [0, 0.05) is 13.1 Å². The Balaban J connectivity index is 1.71. The lowest BCUT2D eigenvalue weighted by molar-refractivity contribution is 0.0641. The van der Waals surface area contributed by atoms with Crippen molar-refractivity contribution < 1.29 is 9.59 Å². The highest BCUT2D eigenvalue weighted by atomic mass is 16.2. The normalized spacial score (nSPS) is 19.7. The number of amides is 2. The van der Waals surface area contributed by atoms with E-state index in [1.165, 1.54) is 17.7 Å². The summed E-state index contributed by atoms with van der Waals surface area (Å²) in [6.45, 7) is 3.48. The van der Waals surface area contributed by atoms with Crippen LogP contribution in [0.3, 0.4) is 0 Å². The molecule has 1 aromatic rings. The second-order valence-corrected chi connectivity index (χ2v) is 4.86. The Morgan fingerprint density at radius 1 is 0.889 bits per heavy atom. The fourth-order valence-electron chi connectivity index (χ4n) is 2.69. The van der Waals surface area contributed by atoms with E-state index in [0.29, 0.717) is 17.7 Å². The maximum absolute atomic E-state index is 12.1. The van der Waals surface area contributed by atoms with Gasteiger partial charge in [0.15, 0.2) is 0 Å². The number of carbonyl (C=O) groups excluding carboxylic acids is 2. The zero-order chi connectivity index (χ0) is 12.5. The molecule has 0 bridgehead atoms. The summed E-state index contributed by atoms with van der Waals surface area (Å²) in [4.78, 5) is 27.9. The Morgan fingerprint density at radius 2 is 1.44 bits per heavy atom. The lowest BCUT2D eigenvalue weighted by Crippen LogP contribution is -2.37. The number of benzene rings is 1. The van der Waals surface area contributed by atoms with Gasteiger partial charge in [0.2, 0.25) is 0 Å². The molecule has 0 radical (unpaired) electrons. The predicted molar refractivity (Wildman–Crippen MR) is 67.5 cm³/mol. The molecule has 1 fully saturated rings. The van der Waals surface area contributed by atoms with Gasteiger partial charge < -0.3 is 4.90 Å². The van der Waals surface area contributed by atoms with Crippen molar-refractivity contribution in [1.82, 2.24) is 9.80 Å². The van der Waals surface area contributed by atoms with Crippen molar-refractivity contribution in [3.63, 3.8) is 0 Å². The van der Waals surface area contributed by atoms with Gasteiger partial charge in [-0.05, 0) is 38.1 Å². The van der Waals surface area contributed by atoms with Crippen molar-refractivity contribution in [1.29, 1.82) is 0 Å². The van der Waals surface area contributed by atoms with Gasteiger partial charge in [-0.15, -0.1) is 0 Å². The molecule has 2 aliphatic heterocycles. The van der Waals surface area contributed by atoms with Crippen molar-refractivity contribution >= 4 is 11.8 Å². The Bertz CT molecular complexity index is 457. The van der Waals surface area contributed by atoms with Crippen LogP contribution in [-0.4, -0.2) is 47.8 Å². The molecular weight excluding hydrogens is 228 g/mol. The van der Waals surface area contributed by atoms with E-state index < -0.39 is 0 Å². The van der Waals surface area contributed by atoms with Crippen LogP contribution in [0.25, 0.3) is 0 Å². The van der Waals surface area contributed by atoms with Gasteiger partial charge in [0.1, 0.15) is 0 Å². The van der Waals surface area contributed by atoms with Crippen LogP contribution in [0.2, 0.25) is 0 Å². The van der Waals surface area contributed by atoms with E-state index in [0.717, 1.165) is 19.6 Å². The summed E-state index contributed by atoms with van der Waals surface area (Å²) in [6, 6.07) is 7.05. The maximum atomic E-state index is 12.1. The highest BCUT2D eigenvalue weighted by Gasteiger charge is 2.34. The molecule has 94 valence electrons. The van der Waals surface area contributed by atoms with E-state index in [4.69, 9.17) is 0 Å². The molecule has 0 spiro atoms. The Morgan fingerprint density at radius 3 is 2.00 bits per heavy atom. The number of hydrogen-bond donors (Lipinski definition) is 0. The first-order chi connectivity index (χ1) is 8.77. The zero-order valence-electron chi connectivity index (χ0n) is 10.3. The summed E-state index contributed by atoms with van der Waals surface area (Å²) in [5.74, 6) is -0.287. The molecule has 3 rings (SSSR count). The van der Waals surface area contributed by atoms with Crippen LogP contribution in [0.1, 0.15) is 33.6 Å². The van der Waals surface area contributed by atoms with Crippen LogP contribution in [-0.2, 0) is 0 Å². The van der Waals surface area contributed by atoms with E-state index in [1.54, 1.807) is 24.3 Å². The maximum Gasteiger partial charge on any atom is 0.261 e. The molecule has 4 heteroatoms. The summed E-state index contributed by atoms with van der Waals surface area (Å²) in [6.07, 6.45) is 2.45. The lowest BCUT2D eigenvalue weighted by atomic mass is 10.1. The second kappa shape index (κ2) is 4.53. The Labute approximate surface area is 106 Å². The highest BCUT2D eigenvalue weighted by molar-refractivity contribution is 6.21. The van der Waals surface area contributed by atoms with Crippen molar-refractivity contribution in [3.05, 3.63) is 35.4 Å². The Kier molecular flexibility index (Phi) is 2.88. The third kappa shape index (κ3) is 1.82. The minimum absolute atomic E-state index is 0.144. The molecule has 4 nitrogen and oxygen atoms in total. The Hall–Kier alpha value is -1.68. The summed E-state index contributed by atoms with van der Waals surface area (Å²) in [7, 11) is 0. The second-order valence-electron chi connectivity index (χ2n) is 4.86. The van der Waals surface area contributed by atoms with Gasteiger partial charge in [-0.2, -0.15) is 0 Å². The number of imide groups is 1. The van der Waals surface area contributed by atoms with E-state index in [9.17, 15) is 9.59 Å². The van der Waals surface area contributed by atoms with Gasteiger partial charge in [0.05, 0.1) is 11.1 Å². The fourth-order valence-corrected chi connectivity index (χ4v) is 2.69. The standard InChI is InChI=1S/C14H16N2O2/c17-13-11-5-1-2-6-12(11)14(18)16(13)10-9-15-7-3-4-8-15/h1-2,5-6H,3-4,7-10H2. The van der Waals surface area contributed by atoms with Crippen molar-refractivity contribution in [2.75, 3.05) is 26.2 Å². The average molecular weight is 244 g/mol. The molecule has 2 aliphatic rings. The van der Waals surface area contributed by atoms with Crippen molar-refractivity contribution in [3.8, 4) is 0 Å². The quantitative estimate of drug-likeness (QED) is 0.754. The molecule has 0 aromatic heterocycles. The fraction of sp³-hybridized carbons (Fsp3) is 0.429. The van der Waals surface area contributed by atoms with E-state index in [-0.39, 0.29) is 11.8 Å². The average Bonchev–Trinajstić information content (AvgIpc) is 2.98. The number of likely N-dealkylation sites (tertiary alicyclic amines) is 1. The molecule has 0 saturated carbocycles. The topological polar surface area (TPSA) is 40.6 Å². The number of rotatable bonds is 3. The number of carbonyl (C=O) groups is 2. The third-order valence-electron chi connectivity index (χ3n) is 3.72. The molecule has 18 heavy (non-hydrogen) atoms. The number of hydrogen-bond acceptors (Lipinski definition) is 3. The summed E-state index contributed by atoms with van der Waals surface area (Å²) >= 11 is 0. The first-order valence-corrected chi connectivity index (χ1v) is 6.45. The van der Waals surface area contributed by atoms with E-state index >= 15 is 0 Å². The minimum atomic E-state index is -0.144. The lowest BCUT2D eigenvalue weighted by Gasteiger charge is -2.19. The third-order valence-corrected chi connectivity index (χ3v) is 3.72. The van der Waals surface area contributed by atoms with E-state index in [2.05, 4.69) is 4.90 Å². The van der Waals surface area contributed by atoms with E-state index in [1.807, 2.05) is 0 Å². The molecule has 2 heterocycles. The van der Waals surface area contributed by atoms with Crippen LogP contribution < -0.4 is 0 Å². The van der Waals surface area contributed by atoms with Crippen molar-refractivity contribution in [2.24, 2.45) is 0 Å². The molecule has 1 aromatic carbocycles. The van der Waals surface area contributed by atoms with Crippen molar-refractivity contribution in [2.45, 2.75) is 12.8 Å². The van der Waals surface area contributed by atoms with Crippen LogP contribution in [0.4, 0.5) is 0 Å². The SMILES string of the molecule is O=C1c2ccccc2C(=O)N1CCN1CCCC1. The zero-order valence-corrected chi connectivity index (χ0v) is 10.3. The van der Waals surface area contributed by atoms with Gasteiger partial charge >= 0.3 is 0 Å². The van der Waals surface area contributed by atoms with Crippen LogP contribution in [0, 0.1) is 0 Å². The number of nitrogens with zero attached hydrogens (tertiary/aromatic N) is 2. The highest BCUT2D eigenvalue weighted by Crippen LogP contribution is 2.22. The first kappa shape index (κ1) is 11.4. The smallest absolute Gasteiger partial charge is 0.261 e. The molecule has 0 N–H and O–H groups in total. The van der Waals surface area contributed by atoms with Gasteiger partial charge in [-0.25, -0.2) is 0 Å². The molecule has 0 aliphatic carbocycles. The summed E-state index contributed by atoms with van der Waals surface area (Å²) in [5.41, 5.74) is 1.09. The summed E-state index contributed by atoms with van der Waals surface area (Å²) < 4.78 is 0. The monoisotopic (exact) mass is 244 g/mol. The molecule has 0 unspecified atom stereocenters. The molecule has 2 amide bonds.